The zero-order valence-corrected chi connectivity index (χ0v) is 15.7. The molecule has 134 valence electrons. The number of fused-ring (bicyclic) bond motifs is 1. The van der Waals surface area contributed by atoms with Crippen molar-refractivity contribution < 1.29 is 4.79 Å². The monoisotopic (exact) mass is 367 g/mol. The molecule has 1 fully saturated rings. The molecule has 0 aliphatic carbocycles. The van der Waals surface area contributed by atoms with Crippen molar-refractivity contribution in [2.75, 3.05) is 13.1 Å². The van der Waals surface area contributed by atoms with Crippen LogP contribution >= 0.6 is 11.8 Å². The lowest BCUT2D eigenvalue weighted by Crippen LogP contribution is -2.31. The van der Waals surface area contributed by atoms with Gasteiger partial charge in [-0.25, -0.2) is 9.50 Å². The SMILES string of the molecule is Cc1cc(C)n2nc(SC(C(=O)N3CCCC3)c3ccccc3)nc2n1. The molecule has 1 unspecified atom stereocenters. The molecule has 7 heteroatoms. The Hall–Kier alpha value is -2.41. The van der Waals surface area contributed by atoms with E-state index in [0.29, 0.717) is 10.9 Å². The minimum Gasteiger partial charge on any atom is -0.341 e. The highest BCUT2D eigenvalue weighted by Crippen LogP contribution is 2.36. The van der Waals surface area contributed by atoms with Gasteiger partial charge in [0.25, 0.3) is 5.78 Å². The van der Waals surface area contributed by atoms with E-state index in [1.807, 2.05) is 55.1 Å². The number of aryl methyl sites for hydroxylation is 2. The van der Waals surface area contributed by atoms with Crippen LogP contribution in [0.4, 0.5) is 0 Å². The van der Waals surface area contributed by atoms with Gasteiger partial charge in [-0.2, -0.15) is 4.98 Å². The van der Waals surface area contributed by atoms with Gasteiger partial charge in [-0.05, 0) is 38.3 Å². The number of aromatic nitrogens is 4. The third kappa shape index (κ3) is 3.31. The standard InChI is InChI=1S/C19H21N5OS/c1-13-12-14(2)24-18(20-13)21-19(22-24)26-16(15-8-4-3-5-9-15)17(25)23-10-6-7-11-23/h3-5,8-9,12,16H,6-7,10-11H2,1-2H3. The summed E-state index contributed by atoms with van der Waals surface area (Å²) in [6.07, 6.45) is 2.15. The Bertz CT molecular complexity index is 934. The highest BCUT2D eigenvalue weighted by Gasteiger charge is 2.30. The maximum atomic E-state index is 13.1. The number of carbonyl (C=O) groups excluding carboxylic acids is 1. The second-order valence-electron chi connectivity index (χ2n) is 6.59. The average Bonchev–Trinajstić information content (AvgIpc) is 3.29. The molecule has 1 aliphatic rings. The maximum Gasteiger partial charge on any atom is 0.253 e. The Morgan fingerprint density at radius 1 is 1.12 bits per heavy atom. The van der Waals surface area contributed by atoms with E-state index in [4.69, 9.17) is 0 Å². The van der Waals surface area contributed by atoms with Crippen LogP contribution in [0, 0.1) is 13.8 Å². The molecule has 26 heavy (non-hydrogen) atoms. The van der Waals surface area contributed by atoms with Crippen LogP contribution in [0.3, 0.4) is 0 Å². The Kier molecular flexibility index (Phi) is 4.63. The maximum absolute atomic E-state index is 13.1. The lowest BCUT2D eigenvalue weighted by atomic mass is 10.1. The van der Waals surface area contributed by atoms with E-state index in [2.05, 4.69) is 15.1 Å². The van der Waals surface area contributed by atoms with E-state index in [-0.39, 0.29) is 11.2 Å². The number of thioether (sulfide) groups is 1. The number of hydrogen-bond acceptors (Lipinski definition) is 5. The quantitative estimate of drug-likeness (QED) is 0.663. The molecule has 2 aromatic heterocycles. The molecule has 1 amide bonds. The van der Waals surface area contributed by atoms with E-state index in [9.17, 15) is 4.79 Å². The van der Waals surface area contributed by atoms with Crippen molar-refractivity contribution in [3.05, 3.63) is 53.3 Å². The topological polar surface area (TPSA) is 63.4 Å². The van der Waals surface area contributed by atoms with Crippen LogP contribution in [0.2, 0.25) is 0 Å². The molecule has 1 saturated heterocycles. The van der Waals surface area contributed by atoms with Crippen molar-refractivity contribution in [2.45, 2.75) is 37.1 Å². The second-order valence-corrected chi connectivity index (χ2v) is 7.66. The zero-order chi connectivity index (χ0) is 18.1. The van der Waals surface area contributed by atoms with Crippen molar-refractivity contribution >= 4 is 23.4 Å². The van der Waals surface area contributed by atoms with E-state index in [0.717, 1.165) is 42.9 Å². The summed E-state index contributed by atoms with van der Waals surface area (Å²) >= 11 is 1.40. The van der Waals surface area contributed by atoms with Crippen LogP contribution in [-0.4, -0.2) is 43.5 Å². The first-order chi connectivity index (χ1) is 12.6. The fourth-order valence-electron chi connectivity index (χ4n) is 3.30. The molecule has 1 aliphatic heterocycles. The normalized spacial score (nSPS) is 15.5. The summed E-state index contributed by atoms with van der Waals surface area (Å²) < 4.78 is 1.73. The van der Waals surface area contributed by atoms with E-state index in [1.54, 1.807) is 4.52 Å². The number of hydrogen-bond donors (Lipinski definition) is 0. The fourth-order valence-corrected chi connectivity index (χ4v) is 4.31. The zero-order valence-electron chi connectivity index (χ0n) is 14.9. The molecule has 0 bridgehead atoms. The smallest absolute Gasteiger partial charge is 0.253 e. The van der Waals surface area contributed by atoms with Gasteiger partial charge in [-0.1, -0.05) is 42.1 Å². The predicted molar refractivity (Wildman–Crippen MR) is 101 cm³/mol. The van der Waals surface area contributed by atoms with E-state index >= 15 is 0 Å². The molecule has 1 aromatic carbocycles. The molecule has 1 atom stereocenters. The van der Waals surface area contributed by atoms with Crippen molar-refractivity contribution in [3.63, 3.8) is 0 Å². The Morgan fingerprint density at radius 3 is 2.58 bits per heavy atom. The van der Waals surface area contributed by atoms with Gasteiger partial charge in [0.1, 0.15) is 5.25 Å². The summed E-state index contributed by atoms with van der Waals surface area (Å²) in [7, 11) is 0. The first kappa shape index (κ1) is 17.0. The van der Waals surface area contributed by atoms with Crippen LogP contribution in [0.25, 0.3) is 5.78 Å². The highest BCUT2D eigenvalue weighted by atomic mass is 32.2. The predicted octanol–water partition coefficient (Wildman–Crippen LogP) is 3.20. The molecular formula is C19H21N5OS. The van der Waals surface area contributed by atoms with Gasteiger partial charge in [-0.3, -0.25) is 4.79 Å². The molecule has 3 heterocycles. The van der Waals surface area contributed by atoms with Gasteiger partial charge in [0.2, 0.25) is 11.1 Å². The lowest BCUT2D eigenvalue weighted by Gasteiger charge is -2.22. The summed E-state index contributed by atoms with van der Waals surface area (Å²) in [5.74, 6) is 0.712. The summed E-state index contributed by atoms with van der Waals surface area (Å²) in [4.78, 5) is 24.0. The molecule has 3 aromatic rings. The largest absolute Gasteiger partial charge is 0.341 e. The first-order valence-corrected chi connectivity index (χ1v) is 9.71. The second kappa shape index (κ2) is 7.07. The molecule has 6 nitrogen and oxygen atoms in total. The van der Waals surface area contributed by atoms with Gasteiger partial charge in [0.15, 0.2) is 0 Å². The molecule has 4 rings (SSSR count). The Morgan fingerprint density at radius 2 is 1.85 bits per heavy atom. The fraction of sp³-hybridized carbons (Fsp3) is 0.368. The third-order valence-corrected chi connectivity index (χ3v) is 5.66. The van der Waals surface area contributed by atoms with Crippen molar-refractivity contribution in [3.8, 4) is 0 Å². The van der Waals surface area contributed by atoms with Crippen LogP contribution in [-0.2, 0) is 4.79 Å². The summed E-state index contributed by atoms with van der Waals surface area (Å²) in [5.41, 5.74) is 2.87. The molecule has 0 radical (unpaired) electrons. The van der Waals surface area contributed by atoms with Crippen molar-refractivity contribution in [1.29, 1.82) is 0 Å². The average molecular weight is 367 g/mol. The van der Waals surface area contributed by atoms with Crippen molar-refractivity contribution in [2.24, 2.45) is 0 Å². The van der Waals surface area contributed by atoms with Gasteiger partial charge >= 0.3 is 0 Å². The number of nitrogens with zero attached hydrogens (tertiary/aromatic N) is 5. The van der Waals surface area contributed by atoms with Crippen LogP contribution in [0.5, 0.6) is 0 Å². The van der Waals surface area contributed by atoms with Crippen LogP contribution in [0.1, 0.15) is 35.0 Å². The minimum atomic E-state index is -0.340. The number of benzene rings is 1. The Labute approximate surface area is 156 Å². The van der Waals surface area contributed by atoms with Crippen LogP contribution in [0.15, 0.2) is 41.6 Å². The van der Waals surface area contributed by atoms with Gasteiger partial charge in [-0.15, -0.1) is 5.10 Å². The van der Waals surface area contributed by atoms with Gasteiger partial charge in [0, 0.05) is 24.5 Å². The highest BCUT2D eigenvalue weighted by molar-refractivity contribution is 8.00. The van der Waals surface area contributed by atoms with Crippen molar-refractivity contribution in [1.82, 2.24) is 24.5 Å². The third-order valence-electron chi connectivity index (χ3n) is 4.57. The molecule has 0 N–H and O–H groups in total. The number of carbonyl (C=O) groups is 1. The minimum absolute atomic E-state index is 0.137. The van der Waals surface area contributed by atoms with E-state index in [1.165, 1.54) is 11.8 Å². The lowest BCUT2D eigenvalue weighted by molar-refractivity contribution is -0.129. The Balaban J connectivity index is 1.68. The summed E-state index contributed by atoms with van der Waals surface area (Å²) in [6.45, 7) is 5.59. The molecule has 0 spiro atoms. The molecule has 0 saturated carbocycles. The molecular weight excluding hydrogens is 346 g/mol. The van der Waals surface area contributed by atoms with E-state index < -0.39 is 0 Å². The summed E-state index contributed by atoms with van der Waals surface area (Å²) in [6, 6.07) is 11.9. The first-order valence-electron chi connectivity index (χ1n) is 8.83. The number of likely N-dealkylation sites (tertiary alicyclic amines) is 1. The summed E-state index contributed by atoms with van der Waals surface area (Å²) in [5, 5.41) is 4.80. The van der Waals surface area contributed by atoms with Gasteiger partial charge in [0.05, 0.1) is 0 Å². The number of rotatable bonds is 4. The van der Waals surface area contributed by atoms with Gasteiger partial charge < -0.3 is 4.90 Å². The number of amides is 1. The van der Waals surface area contributed by atoms with Crippen LogP contribution < -0.4 is 0 Å².